The monoisotopic (exact) mass is 258 g/mol. The van der Waals surface area contributed by atoms with Crippen LogP contribution in [-0.4, -0.2) is 18.2 Å². The Hall–Kier alpha value is -2.49. The van der Waals surface area contributed by atoms with E-state index in [1.165, 1.54) is 12.3 Å². The average molecular weight is 258 g/mol. The molecule has 1 heterocycles. The summed E-state index contributed by atoms with van der Waals surface area (Å²) in [7, 11) is 1.58. The molecule has 0 aliphatic heterocycles. The number of rotatable bonds is 4. The number of carbonyl (C=O) groups is 1. The highest BCUT2D eigenvalue weighted by Gasteiger charge is 2.12. The van der Waals surface area contributed by atoms with Crippen molar-refractivity contribution < 1.29 is 19.1 Å². The van der Waals surface area contributed by atoms with Crippen LogP contribution in [0.3, 0.4) is 0 Å². The van der Waals surface area contributed by atoms with Gasteiger partial charge in [-0.15, -0.1) is 0 Å². The van der Waals surface area contributed by atoms with Gasteiger partial charge in [0.15, 0.2) is 0 Å². The maximum absolute atomic E-state index is 11.4. The molecule has 0 fully saturated rings. The fourth-order valence-corrected chi connectivity index (χ4v) is 1.83. The normalized spacial score (nSPS) is 11.4. The molecule has 0 bridgehead atoms. The van der Waals surface area contributed by atoms with Gasteiger partial charge in [0.25, 0.3) is 0 Å². The summed E-state index contributed by atoms with van der Waals surface area (Å²) in [4.78, 5) is 11.4. The lowest BCUT2D eigenvalue weighted by molar-refractivity contribution is -0.130. The molecular weight excluding hydrogens is 244 g/mol. The molecule has 0 atom stereocenters. The third-order valence-corrected chi connectivity index (χ3v) is 2.77. The van der Waals surface area contributed by atoms with Gasteiger partial charge in [0.1, 0.15) is 11.5 Å². The zero-order valence-electron chi connectivity index (χ0n) is 10.7. The third-order valence-electron chi connectivity index (χ3n) is 2.77. The molecule has 0 spiro atoms. The van der Waals surface area contributed by atoms with Crippen LogP contribution >= 0.6 is 0 Å². The maximum atomic E-state index is 11.4. The second-order valence-corrected chi connectivity index (χ2v) is 4.06. The summed E-state index contributed by atoms with van der Waals surface area (Å²) in [5, 5.41) is 9.30. The van der Waals surface area contributed by atoms with E-state index in [1.807, 2.05) is 6.92 Å². The Bertz CT molecular complexity index is 609. The molecule has 0 amide bonds. The zero-order valence-corrected chi connectivity index (χ0v) is 10.7. The highest BCUT2D eigenvalue weighted by atomic mass is 16.5. The minimum Gasteiger partial charge on any atom is -0.496 e. The molecular formula is C15H14O4. The van der Waals surface area contributed by atoms with Gasteiger partial charge in [0.2, 0.25) is 0 Å². The van der Waals surface area contributed by atoms with Crippen molar-refractivity contribution in [3.8, 4) is 5.75 Å². The van der Waals surface area contributed by atoms with Crippen molar-refractivity contribution >= 4 is 17.6 Å². The van der Waals surface area contributed by atoms with Crippen LogP contribution in [0.4, 0.5) is 0 Å². The third kappa shape index (κ3) is 2.85. The number of aliphatic carboxylic acids is 1. The number of hydrogen-bond donors (Lipinski definition) is 1. The van der Waals surface area contributed by atoms with E-state index >= 15 is 0 Å². The van der Waals surface area contributed by atoms with E-state index in [1.54, 1.807) is 37.4 Å². The zero-order chi connectivity index (χ0) is 13.8. The first-order valence-electron chi connectivity index (χ1n) is 5.75. The lowest BCUT2D eigenvalue weighted by Gasteiger charge is -2.07. The van der Waals surface area contributed by atoms with E-state index in [4.69, 9.17) is 9.15 Å². The number of furan rings is 1. The molecule has 0 aliphatic carbocycles. The van der Waals surface area contributed by atoms with Crippen LogP contribution < -0.4 is 4.74 Å². The number of benzene rings is 1. The number of hydrogen-bond acceptors (Lipinski definition) is 3. The van der Waals surface area contributed by atoms with Crippen molar-refractivity contribution in [2.24, 2.45) is 0 Å². The van der Waals surface area contributed by atoms with E-state index in [0.717, 1.165) is 11.3 Å². The average Bonchev–Trinajstić information content (AvgIpc) is 2.88. The number of aryl methyl sites for hydroxylation is 1. The number of ether oxygens (including phenoxy) is 1. The van der Waals surface area contributed by atoms with Gasteiger partial charge < -0.3 is 14.3 Å². The summed E-state index contributed by atoms with van der Waals surface area (Å²) in [5.41, 5.74) is 1.68. The molecule has 98 valence electrons. The molecule has 2 rings (SSSR count). The topological polar surface area (TPSA) is 59.7 Å². The first kappa shape index (κ1) is 13.0. The van der Waals surface area contributed by atoms with Crippen molar-refractivity contribution in [3.63, 3.8) is 0 Å². The van der Waals surface area contributed by atoms with Crippen molar-refractivity contribution in [2.75, 3.05) is 7.11 Å². The summed E-state index contributed by atoms with van der Waals surface area (Å²) in [6.07, 6.45) is 3.01. The van der Waals surface area contributed by atoms with Gasteiger partial charge in [-0.3, -0.25) is 0 Å². The first-order valence-corrected chi connectivity index (χ1v) is 5.75. The fraction of sp³-hybridized carbons (Fsp3) is 0.133. The molecule has 1 aromatic carbocycles. The molecule has 1 N–H and O–H groups in total. The Morgan fingerprint density at radius 1 is 1.37 bits per heavy atom. The number of carboxylic acids is 1. The van der Waals surface area contributed by atoms with Crippen LogP contribution in [0.25, 0.3) is 11.6 Å². The molecule has 0 aliphatic rings. The first-order chi connectivity index (χ1) is 9.11. The van der Waals surface area contributed by atoms with Crippen LogP contribution in [-0.2, 0) is 4.79 Å². The summed E-state index contributed by atoms with van der Waals surface area (Å²) >= 11 is 0. The molecule has 19 heavy (non-hydrogen) atoms. The highest BCUT2D eigenvalue weighted by molar-refractivity contribution is 6.20. The Balaban J connectivity index is 2.46. The van der Waals surface area contributed by atoms with E-state index in [-0.39, 0.29) is 5.57 Å². The number of methoxy groups -OCH3 is 1. The Labute approximate surface area is 110 Å². The van der Waals surface area contributed by atoms with Crippen molar-refractivity contribution in [3.05, 3.63) is 53.5 Å². The minimum absolute atomic E-state index is 0.181. The molecule has 0 saturated heterocycles. The smallest absolute Gasteiger partial charge is 0.336 e. The largest absolute Gasteiger partial charge is 0.496 e. The minimum atomic E-state index is -0.999. The van der Waals surface area contributed by atoms with Crippen LogP contribution in [0.1, 0.15) is 16.9 Å². The van der Waals surface area contributed by atoms with Gasteiger partial charge >= 0.3 is 5.97 Å². The standard InChI is InChI=1S/C15H14O4/c1-10-8-11(5-6-14(10)18-2)13(15(16)17)9-12-4-3-7-19-12/h3-9H,1-2H3,(H,16,17)/b13-9-. The molecule has 4 nitrogen and oxygen atoms in total. The summed E-state index contributed by atoms with van der Waals surface area (Å²) in [5.74, 6) is 0.235. The predicted octanol–water partition coefficient (Wildman–Crippen LogP) is 3.22. The van der Waals surface area contributed by atoms with Gasteiger partial charge in [-0.1, -0.05) is 6.07 Å². The van der Waals surface area contributed by atoms with Crippen molar-refractivity contribution in [1.82, 2.24) is 0 Å². The summed E-state index contributed by atoms with van der Waals surface area (Å²) in [6.45, 7) is 1.87. The van der Waals surface area contributed by atoms with Gasteiger partial charge in [-0.25, -0.2) is 4.79 Å². The second kappa shape index (κ2) is 5.44. The molecule has 0 unspecified atom stereocenters. The summed E-state index contributed by atoms with van der Waals surface area (Å²) < 4.78 is 10.3. The van der Waals surface area contributed by atoms with Crippen LogP contribution in [0.5, 0.6) is 5.75 Å². The lowest BCUT2D eigenvalue weighted by atomic mass is 10.0. The lowest BCUT2D eigenvalue weighted by Crippen LogP contribution is -2.00. The van der Waals surface area contributed by atoms with Crippen LogP contribution in [0.15, 0.2) is 41.0 Å². The van der Waals surface area contributed by atoms with Crippen LogP contribution in [0.2, 0.25) is 0 Å². The SMILES string of the molecule is COc1ccc(/C(=C/c2ccco2)C(=O)O)cc1C. The van der Waals surface area contributed by atoms with Crippen molar-refractivity contribution in [1.29, 1.82) is 0 Å². The highest BCUT2D eigenvalue weighted by Crippen LogP contribution is 2.25. The van der Waals surface area contributed by atoms with Gasteiger partial charge in [-0.2, -0.15) is 0 Å². The van der Waals surface area contributed by atoms with E-state index < -0.39 is 5.97 Å². The van der Waals surface area contributed by atoms with Gasteiger partial charge in [-0.05, 0) is 48.4 Å². The molecule has 0 radical (unpaired) electrons. The van der Waals surface area contributed by atoms with E-state index in [0.29, 0.717) is 11.3 Å². The Morgan fingerprint density at radius 2 is 2.16 bits per heavy atom. The number of carboxylic acid groups (broad SMARTS) is 1. The Kier molecular flexibility index (Phi) is 3.71. The molecule has 4 heteroatoms. The maximum Gasteiger partial charge on any atom is 0.336 e. The molecule has 2 aromatic rings. The predicted molar refractivity (Wildman–Crippen MR) is 71.9 cm³/mol. The van der Waals surface area contributed by atoms with Gasteiger partial charge in [0.05, 0.1) is 18.9 Å². The van der Waals surface area contributed by atoms with Crippen molar-refractivity contribution in [2.45, 2.75) is 6.92 Å². The van der Waals surface area contributed by atoms with E-state index in [9.17, 15) is 9.90 Å². The summed E-state index contributed by atoms with van der Waals surface area (Å²) in [6, 6.07) is 8.67. The van der Waals surface area contributed by atoms with Crippen LogP contribution in [0, 0.1) is 6.92 Å². The fourth-order valence-electron chi connectivity index (χ4n) is 1.83. The Morgan fingerprint density at radius 3 is 2.68 bits per heavy atom. The molecule has 0 saturated carbocycles. The quantitative estimate of drug-likeness (QED) is 0.855. The second-order valence-electron chi connectivity index (χ2n) is 4.06. The van der Waals surface area contributed by atoms with Gasteiger partial charge in [0, 0.05) is 0 Å². The van der Waals surface area contributed by atoms with E-state index in [2.05, 4.69) is 0 Å². The molecule has 1 aromatic heterocycles.